The van der Waals surface area contributed by atoms with Crippen LogP contribution in [0.3, 0.4) is 0 Å². The minimum Gasteiger partial charge on any atom is -0.376 e. The van der Waals surface area contributed by atoms with E-state index < -0.39 is 0 Å². The topological polar surface area (TPSA) is 15.7 Å². The summed E-state index contributed by atoms with van der Waals surface area (Å²) in [4.78, 5) is 5.09. The molecule has 2 fully saturated rings. The van der Waals surface area contributed by atoms with Crippen LogP contribution in [-0.2, 0) is 10.2 Å². The van der Waals surface area contributed by atoms with Gasteiger partial charge in [-0.25, -0.2) is 0 Å². The summed E-state index contributed by atoms with van der Waals surface area (Å²) in [6.45, 7) is 13.6. The predicted molar refractivity (Wildman–Crippen MR) is 101 cm³/mol. The van der Waals surface area contributed by atoms with Gasteiger partial charge in [-0.15, -0.1) is 0 Å². The highest BCUT2D eigenvalue weighted by Gasteiger charge is 2.42. The second kappa shape index (κ2) is 7.15. The third-order valence-corrected chi connectivity index (χ3v) is 6.00. The smallest absolute Gasteiger partial charge is 0.0635 e. The zero-order valence-corrected chi connectivity index (χ0v) is 16.0. The highest BCUT2D eigenvalue weighted by atomic mass is 16.5. The van der Waals surface area contributed by atoms with Crippen molar-refractivity contribution in [1.82, 2.24) is 9.80 Å². The largest absolute Gasteiger partial charge is 0.376 e. The molecule has 3 rings (SSSR count). The van der Waals surface area contributed by atoms with Gasteiger partial charge in [-0.05, 0) is 59.2 Å². The van der Waals surface area contributed by atoms with Crippen LogP contribution < -0.4 is 0 Å². The first-order valence-electron chi connectivity index (χ1n) is 9.51. The van der Waals surface area contributed by atoms with Crippen LogP contribution >= 0.6 is 0 Å². The summed E-state index contributed by atoms with van der Waals surface area (Å²) in [6, 6.07) is 9.27. The molecule has 0 amide bonds. The molecule has 0 saturated carbocycles. The normalized spacial score (nSPS) is 28.8. The molecular formula is C21H34N2O. The lowest BCUT2D eigenvalue weighted by Gasteiger charge is -2.46. The Morgan fingerprint density at radius 2 is 1.71 bits per heavy atom. The van der Waals surface area contributed by atoms with Gasteiger partial charge in [-0.3, -0.25) is 0 Å². The molecule has 1 atom stereocenters. The third-order valence-electron chi connectivity index (χ3n) is 6.00. The van der Waals surface area contributed by atoms with E-state index in [0.29, 0.717) is 0 Å². The molecule has 1 aromatic carbocycles. The Morgan fingerprint density at radius 3 is 2.33 bits per heavy atom. The van der Waals surface area contributed by atoms with E-state index >= 15 is 0 Å². The van der Waals surface area contributed by atoms with Crippen molar-refractivity contribution in [3.05, 3.63) is 35.4 Å². The summed E-state index contributed by atoms with van der Waals surface area (Å²) >= 11 is 0. The lowest BCUT2D eigenvalue weighted by atomic mass is 9.67. The molecule has 0 aliphatic carbocycles. The summed E-state index contributed by atoms with van der Waals surface area (Å²) in [6.07, 6.45) is 3.51. The summed E-state index contributed by atoms with van der Waals surface area (Å²) in [5.74, 6) is 0. The first kappa shape index (κ1) is 17.9. The molecule has 0 spiro atoms. The molecule has 2 heterocycles. The summed E-state index contributed by atoms with van der Waals surface area (Å²) in [5.41, 5.74) is 3.10. The van der Waals surface area contributed by atoms with Crippen molar-refractivity contribution in [3.63, 3.8) is 0 Å². The molecule has 2 saturated heterocycles. The Bertz CT molecular complexity index is 531. The summed E-state index contributed by atoms with van der Waals surface area (Å²) in [7, 11) is 2.23. The highest BCUT2D eigenvalue weighted by molar-refractivity contribution is 5.30. The predicted octanol–water partition coefficient (Wildman–Crippen LogP) is 3.46. The Balaban J connectivity index is 1.76. The van der Waals surface area contributed by atoms with Gasteiger partial charge in [-0.1, -0.05) is 29.8 Å². The van der Waals surface area contributed by atoms with E-state index in [-0.39, 0.29) is 11.0 Å². The molecule has 0 N–H and O–H groups in total. The van der Waals surface area contributed by atoms with E-state index in [1.165, 1.54) is 50.3 Å². The number of aryl methyl sites for hydroxylation is 1. The standard InChI is InChI=1S/C21H34N2O/c1-18-5-7-19(8-6-18)21(10-16-24-20(2,3)17-21)9-11-23-14-12-22(4)13-15-23/h5-8H,9-17H2,1-4H3. The van der Waals surface area contributed by atoms with Crippen LogP contribution in [0.5, 0.6) is 0 Å². The van der Waals surface area contributed by atoms with Crippen molar-refractivity contribution in [1.29, 1.82) is 0 Å². The molecule has 1 aromatic rings. The molecule has 3 heteroatoms. The molecule has 134 valence electrons. The zero-order valence-electron chi connectivity index (χ0n) is 16.0. The minimum atomic E-state index is -0.0226. The maximum absolute atomic E-state index is 6.05. The van der Waals surface area contributed by atoms with Gasteiger partial charge in [0, 0.05) is 38.2 Å². The van der Waals surface area contributed by atoms with Gasteiger partial charge in [0.1, 0.15) is 0 Å². The van der Waals surface area contributed by atoms with Crippen LogP contribution in [0, 0.1) is 6.92 Å². The van der Waals surface area contributed by atoms with Gasteiger partial charge in [0.25, 0.3) is 0 Å². The fourth-order valence-electron chi connectivity index (χ4n) is 4.43. The van der Waals surface area contributed by atoms with Crippen LogP contribution in [-0.4, -0.2) is 61.8 Å². The number of hydrogen-bond donors (Lipinski definition) is 0. The van der Waals surface area contributed by atoms with Crippen molar-refractivity contribution < 1.29 is 4.74 Å². The van der Waals surface area contributed by atoms with Gasteiger partial charge in [-0.2, -0.15) is 0 Å². The highest BCUT2D eigenvalue weighted by Crippen LogP contribution is 2.44. The molecule has 0 radical (unpaired) electrons. The molecule has 2 aliphatic rings. The second-order valence-corrected chi connectivity index (χ2v) is 8.58. The van der Waals surface area contributed by atoms with Gasteiger partial charge < -0.3 is 14.5 Å². The lowest BCUT2D eigenvalue weighted by Crippen LogP contribution is -2.48. The Labute approximate surface area is 148 Å². The van der Waals surface area contributed by atoms with Crippen molar-refractivity contribution in [2.75, 3.05) is 46.4 Å². The SMILES string of the molecule is Cc1ccc(C2(CCN3CCN(C)CC3)CCOC(C)(C)C2)cc1. The Morgan fingerprint density at radius 1 is 1.04 bits per heavy atom. The average Bonchev–Trinajstić information content (AvgIpc) is 2.54. The van der Waals surface area contributed by atoms with Gasteiger partial charge in [0.05, 0.1) is 5.60 Å². The fraction of sp³-hybridized carbons (Fsp3) is 0.714. The Kier molecular flexibility index (Phi) is 5.33. The number of nitrogens with zero attached hydrogens (tertiary/aromatic N) is 2. The van der Waals surface area contributed by atoms with E-state index in [1.807, 2.05) is 0 Å². The molecule has 0 bridgehead atoms. The van der Waals surface area contributed by atoms with Crippen molar-refractivity contribution in [2.45, 2.75) is 51.0 Å². The molecule has 0 aromatic heterocycles. The maximum Gasteiger partial charge on any atom is 0.0635 e. The number of rotatable bonds is 4. The Hall–Kier alpha value is -0.900. The second-order valence-electron chi connectivity index (χ2n) is 8.58. The summed E-state index contributed by atoms with van der Waals surface area (Å²) < 4.78 is 6.05. The number of likely N-dealkylation sites (N-methyl/N-ethyl adjacent to an activating group) is 1. The van der Waals surface area contributed by atoms with Crippen LogP contribution in [0.25, 0.3) is 0 Å². The molecule has 1 unspecified atom stereocenters. The van der Waals surface area contributed by atoms with E-state index in [2.05, 4.69) is 61.9 Å². The van der Waals surface area contributed by atoms with Crippen LogP contribution in [0.1, 0.15) is 44.2 Å². The van der Waals surface area contributed by atoms with Crippen LogP contribution in [0.15, 0.2) is 24.3 Å². The fourth-order valence-corrected chi connectivity index (χ4v) is 4.43. The number of benzene rings is 1. The average molecular weight is 331 g/mol. The minimum absolute atomic E-state index is 0.0226. The third kappa shape index (κ3) is 4.19. The molecule has 24 heavy (non-hydrogen) atoms. The first-order valence-corrected chi connectivity index (χ1v) is 9.51. The van der Waals surface area contributed by atoms with Gasteiger partial charge >= 0.3 is 0 Å². The van der Waals surface area contributed by atoms with E-state index in [1.54, 1.807) is 0 Å². The van der Waals surface area contributed by atoms with Crippen LogP contribution in [0.2, 0.25) is 0 Å². The number of ether oxygens (including phenoxy) is 1. The van der Waals surface area contributed by atoms with E-state index in [0.717, 1.165) is 19.4 Å². The van der Waals surface area contributed by atoms with Crippen molar-refractivity contribution in [3.8, 4) is 0 Å². The summed E-state index contributed by atoms with van der Waals surface area (Å²) in [5, 5.41) is 0. The monoisotopic (exact) mass is 330 g/mol. The first-order chi connectivity index (χ1) is 11.4. The maximum atomic E-state index is 6.05. The molecular weight excluding hydrogens is 296 g/mol. The van der Waals surface area contributed by atoms with Gasteiger partial charge in [0.15, 0.2) is 0 Å². The zero-order chi connectivity index (χ0) is 17.2. The van der Waals surface area contributed by atoms with Gasteiger partial charge in [0.2, 0.25) is 0 Å². The van der Waals surface area contributed by atoms with E-state index in [9.17, 15) is 0 Å². The molecule has 3 nitrogen and oxygen atoms in total. The lowest BCUT2D eigenvalue weighted by molar-refractivity contribution is -0.0856. The number of piperazine rings is 1. The van der Waals surface area contributed by atoms with Crippen molar-refractivity contribution >= 4 is 0 Å². The molecule has 2 aliphatic heterocycles. The number of hydrogen-bond acceptors (Lipinski definition) is 3. The van der Waals surface area contributed by atoms with Crippen molar-refractivity contribution in [2.24, 2.45) is 0 Å². The van der Waals surface area contributed by atoms with Crippen LogP contribution in [0.4, 0.5) is 0 Å². The quantitative estimate of drug-likeness (QED) is 0.841. The van der Waals surface area contributed by atoms with E-state index in [4.69, 9.17) is 4.74 Å².